The van der Waals surface area contributed by atoms with Gasteiger partial charge < -0.3 is 10.4 Å². The number of nitrogens with zero attached hydrogens (tertiary/aromatic N) is 2. The third-order valence-corrected chi connectivity index (χ3v) is 4.35. The first-order valence-electron chi connectivity index (χ1n) is 7.67. The molecule has 1 fully saturated rings. The molecule has 120 valence electrons. The zero-order valence-electron chi connectivity index (χ0n) is 12.9. The van der Waals surface area contributed by atoms with Crippen molar-refractivity contribution in [1.82, 2.24) is 15.1 Å². The number of aryl methyl sites for hydroxylation is 1. The Hall–Kier alpha value is -2.63. The molecule has 0 radical (unpaired) electrons. The Kier molecular flexibility index (Phi) is 4.14. The van der Waals surface area contributed by atoms with Gasteiger partial charge in [-0.1, -0.05) is 30.3 Å². The molecule has 6 nitrogen and oxygen atoms in total. The molecule has 2 atom stereocenters. The lowest BCUT2D eigenvalue weighted by Gasteiger charge is -2.13. The molecular formula is C17H19N3O3. The first kappa shape index (κ1) is 15.3. The number of nitrogens with one attached hydrogen (secondary N) is 1. The Morgan fingerprint density at radius 1 is 1.26 bits per heavy atom. The maximum absolute atomic E-state index is 12.6. The minimum Gasteiger partial charge on any atom is -0.481 e. The Bertz CT molecular complexity index is 724. The maximum Gasteiger partial charge on any atom is 0.306 e. The van der Waals surface area contributed by atoms with Crippen LogP contribution in [0.2, 0.25) is 0 Å². The number of hydrogen-bond acceptors (Lipinski definition) is 3. The van der Waals surface area contributed by atoms with Crippen LogP contribution in [-0.4, -0.2) is 32.8 Å². The van der Waals surface area contributed by atoms with Crippen molar-refractivity contribution in [3.05, 3.63) is 42.1 Å². The second-order valence-corrected chi connectivity index (χ2v) is 5.92. The van der Waals surface area contributed by atoms with E-state index >= 15 is 0 Å². The summed E-state index contributed by atoms with van der Waals surface area (Å²) in [6, 6.07) is 9.53. The van der Waals surface area contributed by atoms with Crippen LogP contribution in [0, 0.1) is 5.92 Å². The van der Waals surface area contributed by atoms with Crippen LogP contribution in [0.5, 0.6) is 0 Å². The average molecular weight is 313 g/mol. The number of hydrogen-bond donors (Lipinski definition) is 2. The highest BCUT2D eigenvalue weighted by molar-refractivity contribution is 6.00. The van der Waals surface area contributed by atoms with Gasteiger partial charge in [0.1, 0.15) is 0 Å². The molecule has 1 heterocycles. The van der Waals surface area contributed by atoms with E-state index in [-0.39, 0.29) is 17.9 Å². The molecule has 0 aliphatic heterocycles. The molecule has 2 aromatic rings. The van der Waals surface area contributed by atoms with Gasteiger partial charge in [-0.3, -0.25) is 14.3 Å². The molecular weight excluding hydrogens is 294 g/mol. The lowest BCUT2D eigenvalue weighted by molar-refractivity contribution is -0.141. The monoisotopic (exact) mass is 313 g/mol. The molecule has 0 bridgehead atoms. The second-order valence-electron chi connectivity index (χ2n) is 5.92. The Labute approximate surface area is 134 Å². The molecule has 0 unspecified atom stereocenters. The van der Waals surface area contributed by atoms with Gasteiger partial charge in [0, 0.05) is 18.7 Å². The van der Waals surface area contributed by atoms with Crippen molar-refractivity contribution in [3.63, 3.8) is 0 Å². The van der Waals surface area contributed by atoms with Crippen molar-refractivity contribution in [2.24, 2.45) is 13.0 Å². The van der Waals surface area contributed by atoms with E-state index in [4.69, 9.17) is 5.11 Å². The van der Waals surface area contributed by atoms with Crippen LogP contribution in [-0.2, 0) is 11.8 Å². The van der Waals surface area contributed by atoms with Crippen LogP contribution >= 0.6 is 0 Å². The summed E-state index contributed by atoms with van der Waals surface area (Å²) in [5.41, 5.74) is 2.20. The minimum absolute atomic E-state index is 0.0903. The maximum atomic E-state index is 12.6. The number of carbonyl (C=O) groups excluding carboxylic acids is 1. The van der Waals surface area contributed by atoms with Gasteiger partial charge in [0.2, 0.25) is 0 Å². The largest absolute Gasteiger partial charge is 0.481 e. The van der Waals surface area contributed by atoms with Gasteiger partial charge in [0.25, 0.3) is 5.91 Å². The second kappa shape index (κ2) is 6.24. The summed E-state index contributed by atoms with van der Waals surface area (Å²) in [7, 11) is 1.80. The molecule has 2 N–H and O–H groups in total. The van der Waals surface area contributed by atoms with Crippen LogP contribution in [0.25, 0.3) is 11.3 Å². The zero-order valence-corrected chi connectivity index (χ0v) is 12.9. The van der Waals surface area contributed by atoms with Crippen molar-refractivity contribution in [2.45, 2.75) is 25.3 Å². The third kappa shape index (κ3) is 3.11. The van der Waals surface area contributed by atoms with Crippen LogP contribution in [0.4, 0.5) is 0 Å². The Morgan fingerprint density at radius 2 is 2.00 bits per heavy atom. The van der Waals surface area contributed by atoms with Crippen molar-refractivity contribution in [2.75, 3.05) is 0 Å². The molecule has 1 aromatic heterocycles. The molecule has 0 spiro atoms. The lowest BCUT2D eigenvalue weighted by atomic mass is 10.1. The summed E-state index contributed by atoms with van der Waals surface area (Å²) in [6.07, 6.45) is 3.35. The van der Waals surface area contributed by atoms with Crippen molar-refractivity contribution in [3.8, 4) is 11.3 Å². The smallest absolute Gasteiger partial charge is 0.306 e. The van der Waals surface area contributed by atoms with Gasteiger partial charge in [-0.15, -0.1) is 0 Å². The summed E-state index contributed by atoms with van der Waals surface area (Å²) in [5, 5.41) is 16.2. The van der Waals surface area contributed by atoms with Gasteiger partial charge in [0.05, 0.1) is 23.4 Å². The summed E-state index contributed by atoms with van der Waals surface area (Å²) < 4.78 is 1.68. The number of aromatic nitrogens is 2. The van der Waals surface area contributed by atoms with Gasteiger partial charge in [0.15, 0.2) is 0 Å². The molecule has 0 saturated heterocycles. The number of carbonyl (C=O) groups is 2. The SMILES string of the molecule is Cn1ncc(C(=O)N[C@H]2CC[C@@H](C(=O)O)C2)c1-c1ccccc1. The molecule has 6 heteroatoms. The van der Waals surface area contributed by atoms with E-state index in [2.05, 4.69) is 10.4 Å². The van der Waals surface area contributed by atoms with Gasteiger partial charge in [-0.25, -0.2) is 0 Å². The normalized spacial score (nSPS) is 20.4. The number of aliphatic carboxylic acids is 1. The fourth-order valence-electron chi connectivity index (χ4n) is 3.14. The molecule has 1 saturated carbocycles. The quantitative estimate of drug-likeness (QED) is 0.905. The highest BCUT2D eigenvalue weighted by atomic mass is 16.4. The molecule has 3 rings (SSSR count). The highest BCUT2D eigenvalue weighted by Crippen LogP contribution is 2.27. The van der Waals surface area contributed by atoms with Crippen molar-refractivity contribution < 1.29 is 14.7 Å². The summed E-state index contributed by atoms with van der Waals surface area (Å²) in [5.74, 6) is -1.34. The first-order chi connectivity index (χ1) is 11.1. The predicted octanol–water partition coefficient (Wildman–Crippen LogP) is 2.07. The van der Waals surface area contributed by atoms with E-state index < -0.39 is 5.97 Å². The number of carboxylic acids is 1. The van der Waals surface area contributed by atoms with E-state index in [1.54, 1.807) is 17.9 Å². The molecule has 1 aromatic carbocycles. The summed E-state index contributed by atoms with van der Waals surface area (Å²) in [6.45, 7) is 0. The van der Waals surface area contributed by atoms with Crippen molar-refractivity contribution in [1.29, 1.82) is 0 Å². The van der Waals surface area contributed by atoms with Crippen LogP contribution in [0.1, 0.15) is 29.6 Å². The van der Waals surface area contributed by atoms with E-state index in [1.165, 1.54) is 0 Å². The molecule has 23 heavy (non-hydrogen) atoms. The van der Waals surface area contributed by atoms with Gasteiger partial charge in [-0.05, 0) is 19.3 Å². The topological polar surface area (TPSA) is 84.2 Å². The van der Waals surface area contributed by atoms with Crippen LogP contribution < -0.4 is 5.32 Å². The highest BCUT2D eigenvalue weighted by Gasteiger charge is 2.31. The summed E-state index contributed by atoms with van der Waals surface area (Å²) >= 11 is 0. The fraction of sp³-hybridized carbons (Fsp3) is 0.353. The van der Waals surface area contributed by atoms with E-state index in [0.29, 0.717) is 24.8 Å². The Balaban J connectivity index is 1.78. The number of amides is 1. The average Bonchev–Trinajstić information content (AvgIpc) is 3.15. The predicted molar refractivity (Wildman–Crippen MR) is 84.9 cm³/mol. The van der Waals surface area contributed by atoms with E-state index in [0.717, 1.165) is 11.3 Å². The molecule has 1 amide bonds. The number of benzene rings is 1. The summed E-state index contributed by atoms with van der Waals surface area (Å²) in [4.78, 5) is 23.6. The van der Waals surface area contributed by atoms with Gasteiger partial charge in [-0.2, -0.15) is 5.10 Å². The molecule has 1 aliphatic carbocycles. The molecule has 1 aliphatic rings. The first-order valence-corrected chi connectivity index (χ1v) is 7.67. The lowest BCUT2D eigenvalue weighted by Crippen LogP contribution is -2.33. The van der Waals surface area contributed by atoms with Crippen molar-refractivity contribution >= 4 is 11.9 Å². The number of carboxylic acid groups (broad SMARTS) is 1. The van der Waals surface area contributed by atoms with E-state index in [1.807, 2.05) is 30.3 Å². The third-order valence-electron chi connectivity index (χ3n) is 4.35. The standard InChI is InChI=1S/C17H19N3O3/c1-20-15(11-5-3-2-4-6-11)14(10-18-20)16(21)19-13-8-7-12(9-13)17(22)23/h2-6,10,12-13H,7-9H2,1H3,(H,19,21)(H,22,23)/t12-,13+/m1/s1. The van der Waals surface area contributed by atoms with Crippen LogP contribution in [0.15, 0.2) is 36.5 Å². The van der Waals surface area contributed by atoms with Gasteiger partial charge >= 0.3 is 5.97 Å². The fourth-order valence-corrected chi connectivity index (χ4v) is 3.14. The number of rotatable bonds is 4. The zero-order chi connectivity index (χ0) is 16.4. The van der Waals surface area contributed by atoms with Crippen LogP contribution in [0.3, 0.4) is 0 Å². The Morgan fingerprint density at radius 3 is 2.65 bits per heavy atom. The van der Waals surface area contributed by atoms with E-state index in [9.17, 15) is 9.59 Å². The minimum atomic E-state index is -0.784.